The van der Waals surface area contributed by atoms with Crippen LogP contribution < -0.4 is 10.5 Å². The van der Waals surface area contributed by atoms with Crippen molar-refractivity contribution in [3.05, 3.63) is 124 Å². The molecule has 0 aliphatic carbocycles. The summed E-state index contributed by atoms with van der Waals surface area (Å²) in [6.45, 7) is 0.336. The van der Waals surface area contributed by atoms with Crippen LogP contribution in [0.3, 0.4) is 0 Å². The van der Waals surface area contributed by atoms with E-state index in [9.17, 15) is 9.18 Å². The molecule has 0 fully saturated rings. The number of hydrogen-bond donors (Lipinski definition) is 1. The molecule has 0 saturated heterocycles. The lowest BCUT2D eigenvalue weighted by Crippen LogP contribution is -2.35. The summed E-state index contributed by atoms with van der Waals surface area (Å²) < 4.78 is 25.6. The number of methoxy groups -OCH3 is 1. The number of benzene rings is 4. The number of rotatable bonds is 6. The molecule has 2 aliphatic rings. The van der Waals surface area contributed by atoms with E-state index in [0.717, 1.165) is 33.7 Å². The SMILES string of the molecule is COCOc1ccc(F)cc1C(C1=Nc2ccccc2C1)N1Cc2ccc(C#Cc3ccc(N)cc3)cc2C1=O. The zero-order valence-corrected chi connectivity index (χ0v) is 21.9. The number of nitrogens with zero attached hydrogens (tertiary/aromatic N) is 2. The number of nitrogen functional groups attached to an aromatic ring is 1. The Balaban J connectivity index is 1.38. The van der Waals surface area contributed by atoms with Gasteiger partial charge in [0, 0.05) is 48.0 Å². The summed E-state index contributed by atoms with van der Waals surface area (Å²) in [6, 6.07) is 24.5. The number of anilines is 1. The second kappa shape index (κ2) is 10.7. The van der Waals surface area contributed by atoms with Gasteiger partial charge in [0.1, 0.15) is 17.6 Å². The molecule has 4 aromatic carbocycles. The van der Waals surface area contributed by atoms with Crippen molar-refractivity contribution in [2.75, 3.05) is 19.6 Å². The van der Waals surface area contributed by atoms with Crippen LogP contribution in [0.1, 0.15) is 44.2 Å². The van der Waals surface area contributed by atoms with Gasteiger partial charge in [-0.2, -0.15) is 0 Å². The molecular weight excluding hydrogens is 505 g/mol. The molecule has 2 aliphatic heterocycles. The minimum Gasteiger partial charge on any atom is -0.467 e. The molecule has 40 heavy (non-hydrogen) atoms. The van der Waals surface area contributed by atoms with Crippen molar-refractivity contribution < 1.29 is 18.7 Å². The van der Waals surface area contributed by atoms with Crippen molar-refractivity contribution in [3.63, 3.8) is 0 Å². The first-order chi connectivity index (χ1) is 19.5. The number of para-hydroxylation sites is 1. The number of halogens is 1. The summed E-state index contributed by atoms with van der Waals surface area (Å²) in [7, 11) is 1.52. The lowest BCUT2D eigenvalue weighted by Gasteiger charge is -2.30. The molecule has 0 radical (unpaired) electrons. The molecule has 2 N–H and O–H groups in total. The summed E-state index contributed by atoms with van der Waals surface area (Å²) in [4.78, 5) is 20.6. The summed E-state index contributed by atoms with van der Waals surface area (Å²) >= 11 is 0. The van der Waals surface area contributed by atoms with Crippen LogP contribution in [-0.4, -0.2) is 30.4 Å². The second-order valence-corrected chi connectivity index (χ2v) is 9.72. The Bertz CT molecular complexity index is 1700. The van der Waals surface area contributed by atoms with Crippen LogP contribution in [-0.2, 0) is 17.7 Å². The van der Waals surface area contributed by atoms with E-state index in [0.29, 0.717) is 35.5 Å². The molecule has 0 saturated carbocycles. The molecule has 4 aromatic rings. The van der Waals surface area contributed by atoms with Crippen molar-refractivity contribution >= 4 is 23.0 Å². The van der Waals surface area contributed by atoms with Crippen LogP contribution in [0.2, 0.25) is 0 Å². The highest BCUT2D eigenvalue weighted by molar-refractivity contribution is 6.05. The minimum atomic E-state index is -0.640. The molecule has 7 heteroatoms. The van der Waals surface area contributed by atoms with Gasteiger partial charge in [0.15, 0.2) is 6.79 Å². The van der Waals surface area contributed by atoms with Crippen LogP contribution >= 0.6 is 0 Å². The van der Waals surface area contributed by atoms with E-state index in [1.54, 1.807) is 23.1 Å². The van der Waals surface area contributed by atoms with Gasteiger partial charge in [-0.3, -0.25) is 9.79 Å². The van der Waals surface area contributed by atoms with Gasteiger partial charge in [-0.1, -0.05) is 36.1 Å². The number of hydrogen-bond acceptors (Lipinski definition) is 5. The Morgan fingerprint density at radius 3 is 2.55 bits per heavy atom. The molecule has 6 nitrogen and oxygen atoms in total. The number of aliphatic imine (C=N–C) groups is 1. The van der Waals surface area contributed by atoms with Crippen LogP contribution in [0.4, 0.5) is 15.8 Å². The van der Waals surface area contributed by atoms with Gasteiger partial charge in [-0.25, -0.2) is 4.39 Å². The number of ether oxygens (including phenoxy) is 2. The Morgan fingerprint density at radius 1 is 0.975 bits per heavy atom. The molecule has 1 unspecified atom stereocenters. The number of amides is 1. The first-order valence-electron chi connectivity index (χ1n) is 12.9. The molecule has 198 valence electrons. The van der Waals surface area contributed by atoms with Crippen molar-refractivity contribution in [3.8, 4) is 17.6 Å². The monoisotopic (exact) mass is 531 g/mol. The highest BCUT2D eigenvalue weighted by Gasteiger charge is 2.39. The molecule has 1 amide bonds. The molecule has 0 spiro atoms. The Morgan fingerprint density at radius 2 is 1.75 bits per heavy atom. The Hall–Kier alpha value is -4.93. The van der Waals surface area contributed by atoms with Gasteiger partial charge in [-0.05, 0) is 71.8 Å². The first-order valence-corrected chi connectivity index (χ1v) is 12.9. The van der Waals surface area contributed by atoms with E-state index in [2.05, 4.69) is 11.8 Å². The van der Waals surface area contributed by atoms with Crippen molar-refractivity contribution in [1.29, 1.82) is 0 Å². The van der Waals surface area contributed by atoms with Crippen LogP contribution in [0.25, 0.3) is 0 Å². The average molecular weight is 532 g/mol. The molecule has 0 bridgehead atoms. The fourth-order valence-corrected chi connectivity index (χ4v) is 5.15. The van der Waals surface area contributed by atoms with E-state index in [4.69, 9.17) is 20.2 Å². The zero-order chi connectivity index (χ0) is 27.6. The lowest BCUT2D eigenvalue weighted by atomic mass is 9.96. The predicted octanol–water partition coefficient (Wildman–Crippen LogP) is 5.82. The van der Waals surface area contributed by atoms with Crippen molar-refractivity contribution in [1.82, 2.24) is 4.90 Å². The number of nitrogens with two attached hydrogens (primary N) is 1. The third-order valence-corrected chi connectivity index (χ3v) is 7.06. The lowest BCUT2D eigenvalue weighted by molar-refractivity contribution is 0.0492. The summed E-state index contributed by atoms with van der Waals surface area (Å²) in [5.41, 5.74) is 12.6. The average Bonchev–Trinajstić information content (AvgIpc) is 3.53. The predicted molar refractivity (Wildman–Crippen MR) is 152 cm³/mol. The molecule has 0 aromatic heterocycles. The minimum absolute atomic E-state index is 0.0116. The third-order valence-electron chi connectivity index (χ3n) is 7.06. The number of carbonyl (C=O) groups is 1. The van der Waals surface area contributed by atoms with Crippen molar-refractivity contribution in [2.24, 2.45) is 4.99 Å². The van der Waals surface area contributed by atoms with Crippen LogP contribution in [0.15, 0.2) is 89.9 Å². The van der Waals surface area contributed by atoms with Gasteiger partial charge in [0.05, 0.1) is 11.4 Å². The second-order valence-electron chi connectivity index (χ2n) is 9.72. The maximum absolute atomic E-state index is 14.7. The molecular formula is C33H26FN3O3. The summed E-state index contributed by atoms with van der Waals surface area (Å²) in [5, 5.41) is 0. The molecule has 2 heterocycles. The zero-order valence-electron chi connectivity index (χ0n) is 21.9. The van der Waals surface area contributed by atoms with Crippen molar-refractivity contribution in [2.45, 2.75) is 19.0 Å². The standard InChI is InChI=1S/C33H26FN3O3/c1-39-20-40-31-15-12-25(34)18-28(31)32(30-17-23-4-2-3-5-29(23)36-30)37-19-24-11-8-22(16-27(24)33(37)38)7-6-21-9-13-26(35)14-10-21/h2-5,8-16,18,32H,17,19-20,35H2,1H3. The van der Waals surface area contributed by atoms with E-state index in [-0.39, 0.29) is 12.7 Å². The molecule has 6 rings (SSSR count). The Kier molecular flexibility index (Phi) is 6.77. The quantitative estimate of drug-likeness (QED) is 0.193. The first kappa shape index (κ1) is 25.4. The highest BCUT2D eigenvalue weighted by Crippen LogP contribution is 2.41. The maximum Gasteiger partial charge on any atom is 0.255 e. The summed E-state index contributed by atoms with van der Waals surface area (Å²) in [5.74, 6) is 6.11. The summed E-state index contributed by atoms with van der Waals surface area (Å²) in [6.07, 6.45) is 0.541. The fourth-order valence-electron chi connectivity index (χ4n) is 5.15. The smallest absolute Gasteiger partial charge is 0.255 e. The van der Waals surface area contributed by atoms with E-state index < -0.39 is 11.9 Å². The fraction of sp³-hybridized carbons (Fsp3) is 0.152. The van der Waals surface area contributed by atoms with Gasteiger partial charge < -0.3 is 20.1 Å². The van der Waals surface area contributed by atoms with E-state index in [1.165, 1.54) is 19.2 Å². The Labute approximate surface area is 231 Å². The largest absolute Gasteiger partial charge is 0.467 e. The van der Waals surface area contributed by atoms with Gasteiger partial charge >= 0.3 is 0 Å². The number of fused-ring (bicyclic) bond motifs is 2. The normalized spacial score (nSPS) is 14.2. The van der Waals surface area contributed by atoms with Gasteiger partial charge in [0.2, 0.25) is 0 Å². The van der Waals surface area contributed by atoms with Crippen LogP contribution in [0.5, 0.6) is 5.75 Å². The van der Waals surface area contributed by atoms with Crippen LogP contribution in [0, 0.1) is 17.7 Å². The molecule has 1 atom stereocenters. The third kappa shape index (κ3) is 4.93. The van der Waals surface area contributed by atoms with E-state index in [1.807, 2.05) is 54.6 Å². The maximum atomic E-state index is 14.7. The van der Waals surface area contributed by atoms with E-state index >= 15 is 0 Å². The topological polar surface area (TPSA) is 77.2 Å². The number of carbonyl (C=O) groups excluding carboxylic acids is 1. The van der Waals surface area contributed by atoms with Gasteiger partial charge in [0.25, 0.3) is 5.91 Å². The highest BCUT2D eigenvalue weighted by atomic mass is 19.1. The van der Waals surface area contributed by atoms with Gasteiger partial charge in [-0.15, -0.1) is 0 Å².